The third kappa shape index (κ3) is 25.1. The second-order valence-electron chi connectivity index (χ2n) is 11.0. The van der Waals surface area contributed by atoms with Gasteiger partial charge in [0.05, 0.1) is 13.2 Å². The Labute approximate surface area is 307 Å². The number of rotatable bonds is 24. The van der Waals surface area contributed by atoms with Gasteiger partial charge in [0.2, 0.25) is 0 Å². The van der Waals surface area contributed by atoms with Crippen molar-refractivity contribution in [1.82, 2.24) is 0 Å². The molecule has 0 bridgehead atoms. The summed E-state index contributed by atoms with van der Waals surface area (Å²) >= 11 is 0. The molecule has 1 rings (SSSR count). The number of unbranched alkanes of at least 4 members (excludes halogenated alkanes) is 14. The molecule has 0 aliphatic rings. The molecule has 280 valence electrons. The lowest BCUT2D eigenvalue weighted by molar-refractivity contribution is -0.137. The van der Waals surface area contributed by atoms with Gasteiger partial charge in [-0.3, -0.25) is 9.59 Å². The summed E-state index contributed by atoms with van der Waals surface area (Å²) in [6, 6.07) is 6.11. The van der Waals surface area contributed by atoms with Crippen LogP contribution in [0.2, 0.25) is 0 Å². The molecule has 0 saturated carbocycles. The van der Waals surface area contributed by atoms with Crippen LogP contribution in [0.25, 0.3) is 0 Å². The Morgan fingerprint density at radius 3 is 1.40 bits per heavy atom. The Bertz CT molecular complexity index is 1450. The first kappa shape index (κ1) is 40.1. The molecule has 1 aromatic rings. The van der Waals surface area contributed by atoms with Gasteiger partial charge in [0, 0.05) is 59.3 Å². The van der Waals surface area contributed by atoms with Crippen molar-refractivity contribution in [1.29, 1.82) is 0 Å². The van der Waals surface area contributed by atoms with Gasteiger partial charge >= 0.3 is 11.9 Å². The topological polar surface area (TPSA) is 71.1 Å². The summed E-state index contributed by atoms with van der Waals surface area (Å²) in [4.78, 5) is 23.2. The van der Waals surface area contributed by atoms with Gasteiger partial charge in [-0.25, -0.2) is 0 Å². The van der Waals surface area contributed by atoms with Crippen molar-refractivity contribution in [2.45, 2.75) is 122 Å². The van der Waals surface area contributed by atoms with E-state index < -0.39 is 0 Å². The molecule has 0 fully saturated rings. The molecule has 0 unspecified atom stereocenters. The number of terminal acetylenes is 2. The molecule has 6 heteroatoms. The fourth-order valence-corrected chi connectivity index (χ4v) is 4.53. The summed E-state index contributed by atoms with van der Waals surface area (Å²) in [5, 5.41) is 0. The number of aryl methyl sites for hydroxylation is 1. The van der Waals surface area contributed by atoms with Crippen LogP contribution in [0, 0.1) is 79.3 Å². The molecule has 0 heterocycles. The van der Waals surface area contributed by atoms with Crippen LogP contribution >= 0.6 is 0 Å². The number of esters is 2. The SMILES string of the molecule is C#CC#CC#COC(=O)CCCCCCCCCCOc1ccc(C)cc1OCCCCCCCCCCC(=O)OC#CC#CC#C.[HH].[HH].[HH].[HH].[HH].[HH].[HH].[HH].[HH].[HH].[HH].[HH].[HH].[HH].[HH].[HH]. The summed E-state index contributed by atoms with van der Waals surface area (Å²) in [5.41, 5.74) is 1.15. The third-order valence-corrected chi connectivity index (χ3v) is 6.99. The molecule has 0 aliphatic heterocycles. The molecular formula is C41H80O6. The van der Waals surface area contributed by atoms with Gasteiger partial charge in [0.1, 0.15) is 12.2 Å². The summed E-state index contributed by atoms with van der Waals surface area (Å²) in [7, 11) is 0. The Kier molecular flexibility index (Phi) is 25.5. The molecule has 1 aromatic carbocycles. The highest BCUT2D eigenvalue weighted by atomic mass is 16.5. The van der Waals surface area contributed by atoms with E-state index in [1.165, 1.54) is 25.7 Å². The minimum atomic E-state index is -0.326. The highest BCUT2D eigenvalue weighted by Gasteiger charge is 2.07. The first-order valence-corrected chi connectivity index (χ1v) is 16.7. The normalized spacial score (nSPS) is 9.26. The van der Waals surface area contributed by atoms with E-state index in [1.807, 2.05) is 12.1 Å². The third-order valence-electron chi connectivity index (χ3n) is 6.99. The Hall–Kier alpha value is -4.88. The number of carbonyl (C=O) groups excluding carboxylic acids is 2. The molecular weight excluding hydrogens is 588 g/mol. The summed E-state index contributed by atoms with van der Waals surface area (Å²) in [6.07, 6.45) is 32.3. The van der Waals surface area contributed by atoms with E-state index in [4.69, 9.17) is 31.8 Å². The van der Waals surface area contributed by atoms with Gasteiger partial charge in [-0.05, 0) is 74.0 Å². The van der Waals surface area contributed by atoms with Gasteiger partial charge in [-0.15, -0.1) is 12.8 Å². The lowest BCUT2D eigenvalue weighted by atomic mass is 10.1. The average Bonchev–Trinajstić information content (AvgIpc) is 3.06. The van der Waals surface area contributed by atoms with Gasteiger partial charge in [-0.2, -0.15) is 0 Å². The number of benzene rings is 1. The van der Waals surface area contributed by atoms with Crippen LogP contribution in [0.3, 0.4) is 0 Å². The molecule has 0 N–H and O–H groups in total. The Morgan fingerprint density at radius 1 is 0.553 bits per heavy atom. The van der Waals surface area contributed by atoms with Crippen molar-refractivity contribution in [3.8, 4) is 83.9 Å². The van der Waals surface area contributed by atoms with E-state index in [9.17, 15) is 9.59 Å². The first-order chi connectivity index (χ1) is 23.1. The number of hydrogen-bond acceptors (Lipinski definition) is 6. The average molecular weight is 669 g/mol. The van der Waals surface area contributed by atoms with Crippen molar-refractivity contribution in [2.75, 3.05) is 13.2 Å². The van der Waals surface area contributed by atoms with E-state index in [2.05, 4.69) is 72.6 Å². The molecule has 0 aromatic heterocycles. The van der Waals surface area contributed by atoms with E-state index in [1.54, 1.807) is 0 Å². The van der Waals surface area contributed by atoms with Crippen LogP contribution in [0.15, 0.2) is 18.2 Å². The summed E-state index contributed by atoms with van der Waals surface area (Å²) in [5.74, 6) is 19.4. The zero-order chi connectivity index (χ0) is 34.0. The lowest BCUT2D eigenvalue weighted by Crippen LogP contribution is -2.03. The smallest absolute Gasteiger partial charge is 0.319 e. The molecule has 6 nitrogen and oxygen atoms in total. The predicted molar refractivity (Wildman–Crippen MR) is 220 cm³/mol. The predicted octanol–water partition coefficient (Wildman–Crippen LogP) is 12.0. The van der Waals surface area contributed by atoms with Crippen LogP contribution in [-0.2, 0) is 19.1 Å². The highest BCUT2D eigenvalue weighted by molar-refractivity contribution is 5.71. The zero-order valence-electron chi connectivity index (χ0n) is 28.0. The number of ether oxygens (including phenoxy) is 4. The second kappa shape index (κ2) is 29.8. The summed E-state index contributed by atoms with van der Waals surface area (Å²) < 4.78 is 21.7. The van der Waals surface area contributed by atoms with Crippen LogP contribution in [0.5, 0.6) is 11.5 Å². The van der Waals surface area contributed by atoms with E-state index in [0.29, 0.717) is 26.1 Å². The fourth-order valence-electron chi connectivity index (χ4n) is 4.53. The monoisotopic (exact) mass is 669 g/mol. The van der Waals surface area contributed by atoms with Gasteiger partial charge in [-0.1, -0.05) is 83.1 Å². The van der Waals surface area contributed by atoms with Crippen LogP contribution in [-0.4, -0.2) is 25.2 Å². The molecule has 47 heavy (non-hydrogen) atoms. The van der Waals surface area contributed by atoms with E-state index in [0.717, 1.165) is 94.1 Å². The van der Waals surface area contributed by atoms with Crippen LogP contribution < -0.4 is 9.47 Å². The molecule has 0 aliphatic carbocycles. The minimum Gasteiger partial charge on any atom is -0.490 e. The molecule has 0 amide bonds. The van der Waals surface area contributed by atoms with Gasteiger partial charge in [0.15, 0.2) is 11.5 Å². The van der Waals surface area contributed by atoms with Crippen LogP contribution in [0.4, 0.5) is 0 Å². The van der Waals surface area contributed by atoms with Crippen molar-refractivity contribution in [3.05, 3.63) is 23.8 Å². The van der Waals surface area contributed by atoms with Crippen LogP contribution in [0.1, 0.15) is 144 Å². The second-order valence-corrected chi connectivity index (χ2v) is 11.0. The zero-order valence-corrected chi connectivity index (χ0v) is 28.0. The van der Waals surface area contributed by atoms with Crippen molar-refractivity contribution < 1.29 is 51.4 Å². The molecule has 0 atom stereocenters. The quantitative estimate of drug-likeness (QED) is 0.0620. The van der Waals surface area contributed by atoms with E-state index >= 15 is 0 Å². The van der Waals surface area contributed by atoms with Gasteiger partial charge in [0.25, 0.3) is 0 Å². The minimum absolute atomic E-state index is 0. The lowest BCUT2D eigenvalue weighted by Gasteiger charge is -2.13. The molecule has 0 radical (unpaired) electrons. The molecule has 0 spiro atoms. The first-order valence-electron chi connectivity index (χ1n) is 16.7. The van der Waals surface area contributed by atoms with Crippen molar-refractivity contribution in [2.24, 2.45) is 0 Å². The highest BCUT2D eigenvalue weighted by Crippen LogP contribution is 2.29. The number of carbonyl (C=O) groups is 2. The molecule has 0 saturated heterocycles. The van der Waals surface area contributed by atoms with E-state index in [-0.39, 0.29) is 34.8 Å². The summed E-state index contributed by atoms with van der Waals surface area (Å²) in [6.45, 7) is 3.42. The van der Waals surface area contributed by atoms with Crippen molar-refractivity contribution in [3.63, 3.8) is 0 Å². The number of hydrogen-bond donors (Lipinski definition) is 0. The maximum Gasteiger partial charge on any atom is 0.319 e. The maximum atomic E-state index is 11.6. The van der Waals surface area contributed by atoms with Gasteiger partial charge < -0.3 is 18.9 Å². The standard InChI is InChI=1S/C41H48O6.16H2/c1-4-6-8-24-34-46-40(42)28-22-18-14-10-12-16-20-26-32-44-38-31-30-37(3)36-39(38)45-33-27-21-17-13-11-15-19-23-29-41(43)47-35-25-9-7-5-2;;;;;;;;;;;;;;;;/h1-2,30-31,36H,10-23,26-29,32-33H2,3H3;16*1H. The Balaban J connectivity index is -0.0000000986. The van der Waals surface area contributed by atoms with Crippen molar-refractivity contribution >= 4 is 11.9 Å². The Morgan fingerprint density at radius 2 is 0.957 bits per heavy atom. The largest absolute Gasteiger partial charge is 0.490 e. The fraction of sp³-hybridized carbons (Fsp3) is 0.512. The maximum absolute atomic E-state index is 11.6.